The molecule has 0 amide bonds. The molecule has 0 radical (unpaired) electrons. The van der Waals surface area contributed by atoms with Gasteiger partial charge in [0.15, 0.2) is 0 Å². The average Bonchev–Trinajstić information content (AvgIpc) is 2.63. The van der Waals surface area contributed by atoms with Crippen molar-refractivity contribution in [1.82, 2.24) is 15.0 Å². The minimum atomic E-state index is 0.102. The van der Waals surface area contributed by atoms with Gasteiger partial charge in [0.05, 0.1) is 29.4 Å². The average molecular weight is 307 g/mol. The molecule has 3 aromatic rings. The highest BCUT2D eigenvalue weighted by molar-refractivity contribution is 5.64. The van der Waals surface area contributed by atoms with E-state index in [4.69, 9.17) is 9.84 Å². The van der Waals surface area contributed by atoms with Gasteiger partial charge in [0.25, 0.3) is 0 Å². The molecule has 0 aromatic carbocycles. The molecule has 0 saturated carbocycles. The minimum absolute atomic E-state index is 0.102. The first kappa shape index (κ1) is 15.1. The van der Waals surface area contributed by atoms with Crippen molar-refractivity contribution in [2.24, 2.45) is 0 Å². The Morgan fingerprint density at radius 1 is 0.826 bits per heavy atom. The largest absolute Gasteiger partial charge is 0.493 e. The quantitative estimate of drug-likeness (QED) is 0.709. The van der Waals surface area contributed by atoms with Crippen molar-refractivity contribution in [2.75, 3.05) is 13.2 Å². The molecule has 0 spiro atoms. The second-order valence-electron chi connectivity index (χ2n) is 4.93. The van der Waals surface area contributed by atoms with Gasteiger partial charge in [0, 0.05) is 37.6 Å². The van der Waals surface area contributed by atoms with Crippen molar-refractivity contribution in [3.05, 3.63) is 60.9 Å². The Kier molecular flexibility index (Phi) is 4.91. The maximum absolute atomic E-state index is 8.90. The molecule has 0 atom stereocenters. The molecule has 5 nitrogen and oxygen atoms in total. The summed E-state index contributed by atoms with van der Waals surface area (Å²) in [6, 6.07) is 15.1. The lowest BCUT2D eigenvalue weighted by molar-refractivity contribution is 0.233. The van der Waals surface area contributed by atoms with E-state index in [0.717, 1.165) is 22.8 Å². The van der Waals surface area contributed by atoms with Crippen LogP contribution >= 0.6 is 0 Å². The van der Waals surface area contributed by atoms with Gasteiger partial charge in [-0.25, -0.2) is 4.98 Å². The summed E-state index contributed by atoms with van der Waals surface area (Å²) in [6.07, 6.45) is 4.05. The molecule has 3 rings (SSSR count). The number of rotatable bonds is 6. The first-order valence-corrected chi connectivity index (χ1v) is 7.45. The molecule has 0 aliphatic heterocycles. The van der Waals surface area contributed by atoms with E-state index >= 15 is 0 Å². The zero-order chi connectivity index (χ0) is 15.9. The zero-order valence-corrected chi connectivity index (χ0v) is 12.6. The van der Waals surface area contributed by atoms with E-state index in [1.54, 1.807) is 12.4 Å². The molecule has 23 heavy (non-hydrogen) atoms. The smallest absolute Gasteiger partial charge is 0.123 e. The maximum Gasteiger partial charge on any atom is 0.123 e. The minimum Gasteiger partial charge on any atom is -0.493 e. The summed E-state index contributed by atoms with van der Waals surface area (Å²) < 4.78 is 5.72. The Morgan fingerprint density at radius 2 is 1.43 bits per heavy atom. The van der Waals surface area contributed by atoms with Crippen LogP contribution in [0.5, 0.6) is 5.75 Å². The molecule has 3 aromatic heterocycles. The molecular formula is C18H17N3O2. The van der Waals surface area contributed by atoms with Crippen LogP contribution in [0.25, 0.3) is 22.8 Å². The number of hydrogen-bond donors (Lipinski definition) is 1. The molecule has 5 heteroatoms. The fourth-order valence-electron chi connectivity index (χ4n) is 2.13. The highest BCUT2D eigenvalue weighted by atomic mass is 16.5. The van der Waals surface area contributed by atoms with Crippen LogP contribution in [0.3, 0.4) is 0 Å². The Morgan fingerprint density at radius 3 is 1.91 bits per heavy atom. The van der Waals surface area contributed by atoms with Crippen molar-refractivity contribution in [3.63, 3.8) is 0 Å². The van der Waals surface area contributed by atoms with Gasteiger partial charge < -0.3 is 9.84 Å². The molecule has 0 unspecified atom stereocenters. The van der Waals surface area contributed by atoms with Gasteiger partial charge in [-0.15, -0.1) is 0 Å². The predicted octanol–water partition coefficient (Wildman–Crippen LogP) is 2.97. The van der Waals surface area contributed by atoms with E-state index in [1.807, 2.05) is 48.5 Å². The van der Waals surface area contributed by atoms with E-state index in [1.165, 1.54) is 0 Å². The number of pyridine rings is 3. The molecule has 1 N–H and O–H groups in total. The maximum atomic E-state index is 8.90. The summed E-state index contributed by atoms with van der Waals surface area (Å²) in [5, 5.41) is 8.90. The Hall–Kier alpha value is -2.79. The van der Waals surface area contributed by atoms with Crippen LogP contribution in [0.4, 0.5) is 0 Å². The molecule has 0 fully saturated rings. The highest BCUT2D eigenvalue weighted by Gasteiger charge is 2.09. The predicted molar refractivity (Wildman–Crippen MR) is 87.9 cm³/mol. The van der Waals surface area contributed by atoms with Crippen LogP contribution in [0.1, 0.15) is 6.42 Å². The summed E-state index contributed by atoms with van der Waals surface area (Å²) in [4.78, 5) is 13.3. The molecule has 116 valence electrons. The SMILES string of the molecule is OCCCOc1cc(-c2ccccn2)nc(-c2ccccn2)c1. The van der Waals surface area contributed by atoms with Crippen LogP contribution in [-0.2, 0) is 0 Å². The van der Waals surface area contributed by atoms with Crippen LogP contribution in [-0.4, -0.2) is 33.3 Å². The van der Waals surface area contributed by atoms with Gasteiger partial charge in [0.1, 0.15) is 5.75 Å². The van der Waals surface area contributed by atoms with Gasteiger partial charge in [-0.1, -0.05) is 12.1 Å². The normalized spacial score (nSPS) is 10.5. The summed E-state index contributed by atoms with van der Waals surface area (Å²) in [6.45, 7) is 0.551. The van der Waals surface area contributed by atoms with Crippen LogP contribution in [0, 0.1) is 0 Å². The molecule has 0 aliphatic rings. The number of nitrogens with zero attached hydrogens (tertiary/aromatic N) is 3. The second-order valence-corrected chi connectivity index (χ2v) is 4.93. The molecule has 0 bridgehead atoms. The van der Waals surface area contributed by atoms with E-state index in [9.17, 15) is 0 Å². The number of ether oxygens (including phenoxy) is 1. The van der Waals surface area contributed by atoms with Crippen LogP contribution < -0.4 is 4.74 Å². The second kappa shape index (κ2) is 7.47. The number of aliphatic hydroxyl groups excluding tert-OH is 1. The van der Waals surface area contributed by atoms with Gasteiger partial charge >= 0.3 is 0 Å². The van der Waals surface area contributed by atoms with Crippen molar-refractivity contribution < 1.29 is 9.84 Å². The summed E-state index contributed by atoms with van der Waals surface area (Å²) >= 11 is 0. The monoisotopic (exact) mass is 307 g/mol. The van der Waals surface area contributed by atoms with Crippen LogP contribution in [0.2, 0.25) is 0 Å². The highest BCUT2D eigenvalue weighted by Crippen LogP contribution is 2.26. The molecule has 0 saturated heterocycles. The summed E-state index contributed by atoms with van der Waals surface area (Å²) in [7, 11) is 0. The lowest BCUT2D eigenvalue weighted by Gasteiger charge is -2.10. The summed E-state index contributed by atoms with van der Waals surface area (Å²) in [5.74, 6) is 0.690. The van der Waals surface area contributed by atoms with E-state index < -0.39 is 0 Å². The Labute approximate surface area is 134 Å². The Balaban J connectivity index is 2.00. The van der Waals surface area contributed by atoms with Gasteiger partial charge in [-0.05, 0) is 24.3 Å². The standard InChI is InChI=1S/C18H17N3O2/c22-10-5-11-23-14-12-17(15-6-1-3-8-19-15)21-18(13-14)16-7-2-4-9-20-16/h1-4,6-9,12-13,22H,5,10-11H2. The van der Waals surface area contributed by atoms with Crippen molar-refractivity contribution in [3.8, 4) is 28.5 Å². The number of hydrogen-bond acceptors (Lipinski definition) is 5. The van der Waals surface area contributed by atoms with E-state index in [-0.39, 0.29) is 6.61 Å². The number of aliphatic hydroxyl groups is 1. The first-order valence-electron chi connectivity index (χ1n) is 7.45. The van der Waals surface area contributed by atoms with Gasteiger partial charge in [-0.3, -0.25) is 9.97 Å². The molecule has 3 heterocycles. The lowest BCUT2D eigenvalue weighted by atomic mass is 10.2. The zero-order valence-electron chi connectivity index (χ0n) is 12.6. The lowest BCUT2D eigenvalue weighted by Crippen LogP contribution is -2.01. The van der Waals surface area contributed by atoms with Gasteiger partial charge in [-0.2, -0.15) is 0 Å². The van der Waals surface area contributed by atoms with Crippen molar-refractivity contribution >= 4 is 0 Å². The Bertz CT molecular complexity index is 691. The third kappa shape index (κ3) is 3.90. The fraction of sp³-hybridized carbons (Fsp3) is 0.167. The summed E-state index contributed by atoms with van der Waals surface area (Å²) in [5.41, 5.74) is 3.01. The third-order valence-corrected chi connectivity index (χ3v) is 3.22. The topological polar surface area (TPSA) is 68.1 Å². The fourth-order valence-corrected chi connectivity index (χ4v) is 2.13. The molecular weight excluding hydrogens is 290 g/mol. The van der Waals surface area contributed by atoms with Crippen LogP contribution in [0.15, 0.2) is 60.9 Å². The van der Waals surface area contributed by atoms with Gasteiger partial charge in [0.2, 0.25) is 0 Å². The van der Waals surface area contributed by atoms with Crippen molar-refractivity contribution in [2.45, 2.75) is 6.42 Å². The first-order chi connectivity index (χ1) is 11.4. The molecule has 0 aliphatic carbocycles. The third-order valence-electron chi connectivity index (χ3n) is 3.22. The number of aromatic nitrogens is 3. The van der Waals surface area contributed by atoms with Crippen molar-refractivity contribution in [1.29, 1.82) is 0 Å². The van der Waals surface area contributed by atoms with E-state index in [0.29, 0.717) is 18.8 Å². The van der Waals surface area contributed by atoms with E-state index in [2.05, 4.69) is 15.0 Å².